The molecule has 0 aliphatic rings. The van der Waals surface area contributed by atoms with Gasteiger partial charge in [-0.1, -0.05) is 13.8 Å². The van der Waals surface area contributed by atoms with E-state index in [-0.39, 0.29) is 18.4 Å². The number of carboxylic acids is 1. The van der Waals surface area contributed by atoms with E-state index < -0.39 is 11.4 Å². The highest BCUT2D eigenvalue weighted by molar-refractivity contribution is 5.73. The van der Waals surface area contributed by atoms with E-state index in [0.29, 0.717) is 0 Å². The average molecular weight is 187 g/mol. The molecule has 0 aliphatic heterocycles. The Kier molecular flexibility index (Phi) is 3.91. The van der Waals surface area contributed by atoms with Gasteiger partial charge >= 0.3 is 5.97 Å². The number of nitrogens with one attached hydrogen (secondary N) is 1. The molecule has 1 atom stereocenters. The van der Waals surface area contributed by atoms with E-state index in [1.807, 2.05) is 20.8 Å². The van der Waals surface area contributed by atoms with Crippen LogP contribution < -0.4 is 5.32 Å². The van der Waals surface area contributed by atoms with E-state index in [4.69, 9.17) is 5.11 Å². The monoisotopic (exact) mass is 187 g/mol. The molecule has 0 aromatic rings. The third kappa shape index (κ3) is 4.50. The molecule has 0 rings (SSSR count). The zero-order valence-corrected chi connectivity index (χ0v) is 8.55. The van der Waals surface area contributed by atoms with Gasteiger partial charge in [-0.15, -0.1) is 0 Å². The molecule has 0 fully saturated rings. The molecule has 13 heavy (non-hydrogen) atoms. The van der Waals surface area contributed by atoms with Gasteiger partial charge in [-0.2, -0.15) is 0 Å². The number of carbonyl (C=O) groups excluding carboxylic acids is 1. The summed E-state index contributed by atoms with van der Waals surface area (Å²) in [5.74, 6) is -0.979. The summed E-state index contributed by atoms with van der Waals surface area (Å²) >= 11 is 0. The third-order valence-electron chi connectivity index (χ3n) is 2.20. The molecule has 0 saturated carbocycles. The zero-order chi connectivity index (χ0) is 10.6. The second kappa shape index (κ2) is 4.25. The fourth-order valence-electron chi connectivity index (χ4n) is 1.04. The summed E-state index contributed by atoms with van der Waals surface area (Å²) in [5.41, 5.74) is -0.419. The fourth-order valence-corrected chi connectivity index (χ4v) is 1.04. The summed E-state index contributed by atoms with van der Waals surface area (Å²) in [6.45, 7) is 6.88. The lowest BCUT2D eigenvalue weighted by molar-refractivity contribution is -0.140. The highest BCUT2D eigenvalue weighted by Gasteiger charge is 2.28. The van der Waals surface area contributed by atoms with Crippen LogP contribution in [0.3, 0.4) is 0 Å². The summed E-state index contributed by atoms with van der Waals surface area (Å²) < 4.78 is 0. The lowest BCUT2D eigenvalue weighted by atomic mass is 9.82. The van der Waals surface area contributed by atoms with Crippen molar-refractivity contribution < 1.29 is 14.7 Å². The van der Waals surface area contributed by atoms with Crippen molar-refractivity contribution in [2.24, 2.45) is 5.41 Å². The first kappa shape index (κ1) is 11.9. The van der Waals surface area contributed by atoms with Gasteiger partial charge in [0.05, 0.1) is 6.42 Å². The lowest BCUT2D eigenvalue weighted by Gasteiger charge is -2.30. The van der Waals surface area contributed by atoms with E-state index in [1.54, 1.807) is 0 Å². The first-order valence-corrected chi connectivity index (χ1v) is 4.24. The number of rotatable bonds is 4. The maximum atomic E-state index is 10.7. The predicted molar refractivity (Wildman–Crippen MR) is 49.3 cm³/mol. The fraction of sp³-hybridized carbons (Fsp3) is 0.778. The molecular weight excluding hydrogens is 170 g/mol. The molecule has 0 spiro atoms. The van der Waals surface area contributed by atoms with E-state index >= 15 is 0 Å². The van der Waals surface area contributed by atoms with Crippen LogP contribution in [-0.2, 0) is 9.59 Å². The molecule has 0 radical (unpaired) electrons. The van der Waals surface area contributed by atoms with Crippen LogP contribution in [0, 0.1) is 5.41 Å². The molecule has 1 amide bonds. The molecular formula is C9H17NO3. The molecule has 0 heterocycles. The summed E-state index contributed by atoms with van der Waals surface area (Å²) in [6.07, 6.45) is 0.0500. The van der Waals surface area contributed by atoms with Crippen LogP contribution >= 0.6 is 0 Å². The number of carboxylic acid groups (broad SMARTS) is 1. The first-order chi connectivity index (χ1) is 5.75. The molecule has 0 aromatic heterocycles. The first-order valence-electron chi connectivity index (χ1n) is 4.24. The van der Waals surface area contributed by atoms with Gasteiger partial charge < -0.3 is 10.4 Å². The predicted octanol–water partition coefficient (Wildman–Crippen LogP) is 1.01. The molecule has 0 saturated heterocycles. The largest absolute Gasteiger partial charge is 0.481 e. The highest BCUT2D eigenvalue weighted by Crippen LogP contribution is 2.24. The van der Waals surface area contributed by atoms with Crippen LogP contribution in [0.2, 0.25) is 0 Å². The van der Waals surface area contributed by atoms with Crippen molar-refractivity contribution in [2.45, 2.75) is 40.2 Å². The van der Waals surface area contributed by atoms with Gasteiger partial charge in [0.15, 0.2) is 0 Å². The van der Waals surface area contributed by atoms with Crippen molar-refractivity contribution in [3.05, 3.63) is 0 Å². The van der Waals surface area contributed by atoms with Gasteiger partial charge in [0.25, 0.3) is 0 Å². The summed E-state index contributed by atoms with van der Waals surface area (Å²) in [6, 6.07) is -0.138. The van der Waals surface area contributed by atoms with E-state index in [0.717, 1.165) is 0 Å². The normalized spacial score (nSPS) is 13.5. The standard InChI is InChI=1S/C9H17NO3/c1-6(10-7(2)11)9(3,4)5-8(12)13/h6H,5H2,1-4H3,(H,10,11)(H,12,13). The molecule has 76 valence electrons. The molecule has 4 nitrogen and oxygen atoms in total. The van der Waals surface area contributed by atoms with Crippen LogP contribution in [-0.4, -0.2) is 23.0 Å². The van der Waals surface area contributed by atoms with Crippen molar-refractivity contribution in [1.29, 1.82) is 0 Å². The van der Waals surface area contributed by atoms with Gasteiger partial charge in [-0.05, 0) is 12.3 Å². The van der Waals surface area contributed by atoms with Crippen molar-refractivity contribution in [2.75, 3.05) is 0 Å². The maximum absolute atomic E-state index is 10.7. The Morgan fingerprint density at radius 3 is 2.23 bits per heavy atom. The Morgan fingerprint density at radius 1 is 1.46 bits per heavy atom. The van der Waals surface area contributed by atoms with Gasteiger partial charge in [0.2, 0.25) is 5.91 Å². The number of hydrogen-bond acceptors (Lipinski definition) is 2. The van der Waals surface area contributed by atoms with Crippen LogP contribution in [0.25, 0.3) is 0 Å². The zero-order valence-electron chi connectivity index (χ0n) is 8.55. The van der Waals surface area contributed by atoms with Gasteiger partial charge in [0, 0.05) is 13.0 Å². The Hall–Kier alpha value is -1.06. The number of hydrogen-bond donors (Lipinski definition) is 2. The van der Waals surface area contributed by atoms with Crippen LogP contribution in [0.4, 0.5) is 0 Å². The molecule has 1 unspecified atom stereocenters. The number of amides is 1. The minimum atomic E-state index is -0.845. The van der Waals surface area contributed by atoms with E-state index in [2.05, 4.69) is 5.32 Å². The summed E-state index contributed by atoms with van der Waals surface area (Å²) in [5, 5.41) is 11.3. The molecule has 0 bridgehead atoms. The maximum Gasteiger partial charge on any atom is 0.303 e. The Morgan fingerprint density at radius 2 is 1.92 bits per heavy atom. The smallest absolute Gasteiger partial charge is 0.303 e. The average Bonchev–Trinajstić information content (AvgIpc) is 1.81. The van der Waals surface area contributed by atoms with Crippen LogP contribution in [0.5, 0.6) is 0 Å². The SMILES string of the molecule is CC(=O)NC(C)C(C)(C)CC(=O)O. The highest BCUT2D eigenvalue weighted by atomic mass is 16.4. The minimum absolute atomic E-state index is 0.0500. The second-order valence-electron chi connectivity index (χ2n) is 3.98. The van der Waals surface area contributed by atoms with Crippen molar-refractivity contribution in [3.8, 4) is 0 Å². The molecule has 4 heteroatoms. The summed E-state index contributed by atoms with van der Waals surface area (Å²) in [4.78, 5) is 21.2. The van der Waals surface area contributed by atoms with Gasteiger partial charge in [0.1, 0.15) is 0 Å². The van der Waals surface area contributed by atoms with Crippen molar-refractivity contribution >= 4 is 11.9 Å². The second-order valence-corrected chi connectivity index (χ2v) is 3.98. The number of carbonyl (C=O) groups is 2. The molecule has 0 aromatic carbocycles. The van der Waals surface area contributed by atoms with E-state index in [1.165, 1.54) is 6.92 Å². The topological polar surface area (TPSA) is 66.4 Å². The Bertz CT molecular complexity index is 211. The Labute approximate surface area is 78.3 Å². The quantitative estimate of drug-likeness (QED) is 0.690. The van der Waals surface area contributed by atoms with E-state index in [9.17, 15) is 9.59 Å². The number of aliphatic carboxylic acids is 1. The molecule has 2 N–H and O–H groups in total. The third-order valence-corrected chi connectivity index (χ3v) is 2.20. The Balaban J connectivity index is 4.25. The molecule has 0 aliphatic carbocycles. The van der Waals surface area contributed by atoms with Crippen molar-refractivity contribution in [1.82, 2.24) is 5.32 Å². The van der Waals surface area contributed by atoms with Gasteiger partial charge in [-0.25, -0.2) is 0 Å². The minimum Gasteiger partial charge on any atom is -0.481 e. The van der Waals surface area contributed by atoms with Crippen LogP contribution in [0.1, 0.15) is 34.1 Å². The van der Waals surface area contributed by atoms with Gasteiger partial charge in [-0.3, -0.25) is 9.59 Å². The van der Waals surface area contributed by atoms with Crippen molar-refractivity contribution in [3.63, 3.8) is 0 Å². The van der Waals surface area contributed by atoms with Crippen LogP contribution in [0.15, 0.2) is 0 Å². The lowest BCUT2D eigenvalue weighted by Crippen LogP contribution is -2.42. The summed E-state index contributed by atoms with van der Waals surface area (Å²) in [7, 11) is 0.